The van der Waals surface area contributed by atoms with E-state index >= 15 is 0 Å². The lowest BCUT2D eigenvalue weighted by molar-refractivity contribution is 0.126. The largest absolute Gasteiger partial charge is 0.380 e. The number of aryl methyl sites for hydroxylation is 1. The lowest BCUT2D eigenvalue weighted by Gasteiger charge is -2.08. The first kappa shape index (κ1) is 12.9. The normalized spacial score (nSPS) is 15.2. The number of halogens is 1. The third kappa shape index (κ3) is 4.66. The minimum Gasteiger partial charge on any atom is -0.380 e. The molecule has 1 fully saturated rings. The molecular formula is C14H20ClNO. The van der Waals surface area contributed by atoms with Crippen molar-refractivity contribution in [2.75, 3.05) is 19.8 Å². The summed E-state index contributed by atoms with van der Waals surface area (Å²) < 4.78 is 5.55. The highest BCUT2D eigenvalue weighted by molar-refractivity contribution is 6.31. The summed E-state index contributed by atoms with van der Waals surface area (Å²) >= 11 is 6.15. The van der Waals surface area contributed by atoms with Gasteiger partial charge in [-0.3, -0.25) is 0 Å². The molecular weight excluding hydrogens is 234 g/mol. The fourth-order valence-electron chi connectivity index (χ4n) is 1.70. The first-order valence-electron chi connectivity index (χ1n) is 6.29. The highest BCUT2D eigenvalue weighted by Gasteiger charge is 2.20. The number of nitrogens with one attached hydrogen (secondary N) is 1. The fourth-order valence-corrected chi connectivity index (χ4v) is 2.00. The predicted molar refractivity (Wildman–Crippen MR) is 71.4 cm³/mol. The fraction of sp³-hybridized carbons (Fsp3) is 0.571. The quantitative estimate of drug-likeness (QED) is 0.754. The number of hydrogen-bond acceptors (Lipinski definition) is 2. The molecule has 2 rings (SSSR count). The molecule has 2 nitrogen and oxygen atoms in total. The molecule has 0 unspecified atom stereocenters. The molecule has 1 aliphatic carbocycles. The first-order chi connectivity index (χ1) is 8.25. The molecule has 0 amide bonds. The number of hydrogen-bond donors (Lipinski definition) is 1. The van der Waals surface area contributed by atoms with Gasteiger partial charge in [0.2, 0.25) is 0 Å². The second kappa shape index (κ2) is 6.39. The zero-order valence-corrected chi connectivity index (χ0v) is 11.1. The van der Waals surface area contributed by atoms with Crippen molar-refractivity contribution in [1.82, 2.24) is 5.32 Å². The Kier molecular flexibility index (Phi) is 4.84. The minimum absolute atomic E-state index is 0.792. The maximum atomic E-state index is 6.15. The molecule has 1 aromatic carbocycles. The molecule has 94 valence electrons. The van der Waals surface area contributed by atoms with Crippen LogP contribution in [0.15, 0.2) is 18.2 Å². The van der Waals surface area contributed by atoms with Crippen LogP contribution in [-0.4, -0.2) is 19.8 Å². The summed E-state index contributed by atoms with van der Waals surface area (Å²) in [6, 6.07) is 6.17. The van der Waals surface area contributed by atoms with Crippen LogP contribution >= 0.6 is 11.6 Å². The van der Waals surface area contributed by atoms with Gasteiger partial charge in [-0.05, 0) is 42.9 Å². The summed E-state index contributed by atoms with van der Waals surface area (Å²) in [4.78, 5) is 0. The number of ether oxygens (including phenoxy) is 1. The predicted octanol–water partition coefficient (Wildman–Crippen LogP) is 3.16. The maximum absolute atomic E-state index is 6.15. The van der Waals surface area contributed by atoms with E-state index in [4.69, 9.17) is 16.3 Å². The highest BCUT2D eigenvalue weighted by atomic mass is 35.5. The average Bonchev–Trinajstić information content (AvgIpc) is 3.09. The van der Waals surface area contributed by atoms with Gasteiger partial charge in [0.15, 0.2) is 0 Å². The van der Waals surface area contributed by atoms with Crippen LogP contribution < -0.4 is 5.32 Å². The van der Waals surface area contributed by atoms with E-state index in [-0.39, 0.29) is 0 Å². The van der Waals surface area contributed by atoms with Gasteiger partial charge in [0.05, 0.1) is 6.61 Å². The van der Waals surface area contributed by atoms with Crippen molar-refractivity contribution in [3.05, 3.63) is 34.3 Å². The Balaban J connectivity index is 1.60. The van der Waals surface area contributed by atoms with E-state index < -0.39 is 0 Å². The molecule has 0 heterocycles. The monoisotopic (exact) mass is 253 g/mol. The summed E-state index contributed by atoms with van der Waals surface area (Å²) in [7, 11) is 0. The lowest BCUT2D eigenvalue weighted by atomic mass is 10.1. The summed E-state index contributed by atoms with van der Waals surface area (Å²) in [6.07, 6.45) is 2.71. The molecule has 0 aromatic heterocycles. The Morgan fingerprint density at radius 1 is 1.41 bits per heavy atom. The van der Waals surface area contributed by atoms with Crippen LogP contribution in [0.3, 0.4) is 0 Å². The Morgan fingerprint density at radius 2 is 2.24 bits per heavy atom. The Labute approximate surface area is 108 Å². The molecule has 3 heteroatoms. The molecule has 0 atom stereocenters. The van der Waals surface area contributed by atoms with Crippen LogP contribution in [0.1, 0.15) is 24.0 Å². The van der Waals surface area contributed by atoms with Gasteiger partial charge in [-0.1, -0.05) is 23.7 Å². The molecule has 0 radical (unpaired) electrons. The van der Waals surface area contributed by atoms with Crippen LogP contribution in [0, 0.1) is 12.8 Å². The van der Waals surface area contributed by atoms with E-state index in [1.807, 2.05) is 6.07 Å². The first-order valence-corrected chi connectivity index (χ1v) is 6.67. The van der Waals surface area contributed by atoms with Crippen LogP contribution in [0.5, 0.6) is 0 Å². The maximum Gasteiger partial charge on any atom is 0.0591 e. The summed E-state index contributed by atoms with van der Waals surface area (Å²) in [6.45, 7) is 5.48. The average molecular weight is 254 g/mol. The third-order valence-electron chi connectivity index (χ3n) is 3.00. The van der Waals surface area contributed by atoms with E-state index in [0.29, 0.717) is 0 Å². The molecule has 1 aliphatic rings. The van der Waals surface area contributed by atoms with Gasteiger partial charge in [0.1, 0.15) is 0 Å². The van der Waals surface area contributed by atoms with Crippen molar-refractivity contribution in [2.45, 2.75) is 26.3 Å². The number of rotatable bonds is 7. The number of benzene rings is 1. The summed E-state index contributed by atoms with van der Waals surface area (Å²) in [5, 5.41) is 4.19. The van der Waals surface area contributed by atoms with Crippen LogP contribution in [0.4, 0.5) is 0 Å². The van der Waals surface area contributed by atoms with Gasteiger partial charge < -0.3 is 10.1 Å². The van der Waals surface area contributed by atoms with Crippen molar-refractivity contribution in [3.63, 3.8) is 0 Å². The van der Waals surface area contributed by atoms with Crippen LogP contribution in [0.25, 0.3) is 0 Å². The smallest absolute Gasteiger partial charge is 0.0591 e. The molecule has 0 spiro atoms. The zero-order chi connectivity index (χ0) is 12.1. The molecule has 17 heavy (non-hydrogen) atoms. The van der Waals surface area contributed by atoms with Crippen LogP contribution in [0.2, 0.25) is 5.02 Å². The highest BCUT2D eigenvalue weighted by Crippen LogP contribution is 2.28. The van der Waals surface area contributed by atoms with E-state index in [1.165, 1.54) is 18.4 Å². The van der Waals surface area contributed by atoms with Gasteiger partial charge in [0.25, 0.3) is 0 Å². The van der Waals surface area contributed by atoms with Crippen molar-refractivity contribution in [3.8, 4) is 0 Å². The van der Waals surface area contributed by atoms with Crippen molar-refractivity contribution < 1.29 is 4.74 Å². The molecule has 0 saturated heterocycles. The van der Waals surface area contributed by atoms with Crippen LogP contribution in [-0.2, 0) is 11.3 Å². The van der Waals surface area contributed by atoms with Gasteiger partial charge in [-0.2, -0.15) is 0 Å². The second-order valence-electron chi connectivity index (χ2n) is 4.79. The Morgan fingerprint density at radius 3 is 2.94 bits per heavy atom. The standard InChI is InChI=1S/C14H20ClNO/c1-11-2-5-13(14(15)8-11)9-16-6-7-17-10-12-3-4-12/h2,5,8,12,16H,3-4,6-7,9-10H2,1H3. The lowest BCUT2D eigenvalue weighted by Crippen LogP contribution is -2.19. The van der Waals surface area contributed by atoms with E-state index in [2.05, 4.69) is 24.4 Å². The van der Waals surface area contributed by atoms with Gasteiger partial charge in [-0.25, -0.2) is 0 Å². The minimum atomic E-state index is 0.792. The van der Waals surface area contributed by atoms with Gasteiger partial charge in [0, 0.05) is 24.7 Å². The molecule has 0 bridgehead atoms. The van der Waals surface area contributed by atoms with Crippen molar-refractivity contribution in [1.29, 1.82) is 0 Å². The van der Waals surface area contributed by atoms with E-state index in [1.54, 1.807) is 0 Å². The van der Waals surface area contributed by atoms with E-state index in [0.717, 1.165) is 42.8 Å². The summed E-state index contributed by atoms with van der Waals surface area (Å²) in [5.41, 5.74) is 2.35. The second-order valence-corrected chi connectivity index (χ2v) is 5.20. The molecule has 1 saturated carbocycles. The molecule has 1 aromatic rings. The van der Waals surface area contributed by atoms with Gasteiger partial charge >= 0.3 is 0 Å². The van der Waals surface area contributed by atoms with E-state index in [9.17, 15) is 0 Å². The van der Waals surface area contributed by atoms with Gasteiger partial charge in [-0.15, -0.1) is 0 Å². The Hall–Kier alpha value is -0.570. The zero-order valence-electron chi connectivity index (χ0n) is 10.3. The molecule has 1 N–H and O–H groups in total. The topological polar surface area (TPSA) is 21.3 Å². The Bertz CT molecular complexity index is 363. The van der Waals surface area contributed by atoms with Crippen molar-refractivity contribution in [2.24, 2.45) is 5.92 Å². The molecule has 0 aliphatic heterocycles. The SMILES string of the molecule is Cc1ccc(CNCCOCC2CC2)c(Cl)c1. The van der Waals surface area contributed by atoms with Crippen molar-refractivity contribution >= 4 is 11.6 Å². The summed E-state index contributed by atoms with van der Waals surface area (Å²) in [5.74, 6) is 0.849. The third-order valence-corrected chi connectivity index (χ3v) is 3.35.